The SMILES string of the molecule is CCOc1nc(-c2ccc(OC(F)(F)F)cc2OC)c(C)nc1NC(CC)CC. The fourth-order valence-electron chi connectivity index (χ4n) is 2.84. The van der Waals surface area contributed by atoms with Crippen LogP contribution in [0, 0.1) is 6.92 Å². The first kappa shape index (κ1) is 22.6. The third-order valence-corrected chi connectivity index (χ3v) is 4.31. The number of aryl methyl sites for hydroxylation is 1. The first-order valence-electron chi connectivity index (χ1n) is 9.44. The molecule has 0 saturated heterocycles. The lowest BCUT2D eigenvalue weighted by atomic mass is 10.1. The number of aromatic nitrogens is 2. The van der Waals surface area contributed by atoms with Gasteiger partial charge in [-0.1, -0.05) is 13.8 Å². The molecule has 0 atom stereocenters. The molecule has 1 aromatic carbocycles. The van der Waals surface area contributed by atoms with Gasteiger partial charge in [0.2, 0.25) is 0 Å². The van der Waals surface area contributed by atoms with Crippen LogP contribution in [0.5, 0.6) is 17.4 Å². The van der Waals surface area contributed by atoms with E-state index >= 15 is 0 Å². The maximum absolute atomic E-state index is 12.5. The molecule has 29 heavy (non-hydrogen) atoms. The number of halogens is 3. The Morgan fingerprint density at radius 2 is 1.79 bits per heavy atom. The van der Waals surface area contributed by atoms with E-state index in [-0.39, 0.29) is 17.5 Å². The molecule has 0 saturated carbocycles. The molecule has 0 unspecified atom stereocenters. The molecule has 0 aliphatic carbocycles. The molecule has 2 rings (SSSR count). The molecule has 9 heteroatoms. The maximum Gasteiger partial charge on any atom is 0.573 e. The molecule has 0 spiro atoms. The largest absolute Gasteiger partial charge is 0.573 e. The minimum atomic E-state index is -4.78. The summed E-state index contributed by atoms with van der Waals surface area (Å²) in [6.07, 6.45) is -2.95. The number of nitrogens with zero attached hydrogens (tertiary/aromatic N) is 2. The monoisotopic (exact) mass is 413 g/mol. The second kappa shape index (κ2) is 9.67. The summed E-state index contributed by atoms with van der Waals surface area (Å²) in [4.78, 5) is 9.17. The summed E-state index contributed by atoms with van der Waals surface area (Å²) in [5.74, 6) is 0.684. The zero-order valence-corrected chi connectivity index (χ0v) is 17.2. The molecular weight excluding hydrogens is 387 g/mol. The topological polar surface area (TPSA) is 65.5 Å². The lowest BCUT2D eigenvalue weighted by Gasteiger charge is -2.19. The Labute approximate surface area is 168 Å². The van der Waals surface area contributed by atoms with E-state index in [2.05, 4.69) is 33.9 Å². The molecule has 1 heterocycles. The lowest BCUT2D eigenvalue weighted by Crippen LogP contribution is -2.19. The zero-order valence-electron chi connectivity index (χ0n) is 17.2. The smallest absolute Gasteiger partial charge is 0.496 e. The van der Waals surface area contributed by atoms with Crippen LogP contribution in [0.4, 0.5) is 19.0 Å². The summed E-state index contributed by atoms with van der Waals surface area (Å²) in [6.45, 7) is 8.16. The number of nitrogens with one attached hydrogen (secondary N) is 1. The van der Waals surface area contributed by atoms with Gasteiger partial charge in [0.1, 0.15) is 11.5 Å². The summed E-state index contributed by atoms with van der Waals surface area (Å²) < 4.78 is 52.4. The van der Waals surface area contributed by atoms with Crippen LogP contribution in [0.2, 0.25) is 0 Å². The minimum Gasteiger partial charge on any atom is -0.496 e. The molecule has 2 aromatic rings. The van der Waals surface area contributed by atoms with Crippen LogP contribution in [0.1, 0.15) is 39.3 Å². The van der Waals surface area contributed by atoms with Crippen molar-refractivity contribution in [3.8, 4) is 28.6 Å². The highest BCUT2D eigenvalue weighted by atomic mass is 19.4. The summed E-state index contributed by atoms with van der Waals surface area (Å²) in [5.41, 5.74) is 1.53. The molecule has 6 nitrogen and oxygen atoms in total. The van der Waals surface area contributed by atoms with Crippen LogP contribution in [-0.4, -0.2) is 36.1 Å². The van der Waals surface area contributed by atoms with E-state index in [1.807, 2.05) is 6.92 Å². The minimum absolute atomic E-state index is 0.187. The van der Waals surface area contributed by atoms with Gasteiger partial charge >= 0.3 is 6.36 Å². The van der Waals surface area contributed by atoms with Crippen molar-refractivity contribution in [2.75, 3.05) is 19.0 Å². The standard InChI is InChI=1S/C20H26F3N3O3/c1-6-13(7-2)25-18-19(28-8-3)26-17(12(4)24-18)15-10-9-14(11-16(15)27-5)29-20(21,22)23/h9-11,13H,6-8H2,1-5H3,(H,24,25). The van der Waals surface area contributed by atoms with Crippen LogP contribution < -0.4 is 19.5 Å². The van der Waals surface area contributed by atoms with Gasteiger partial charge < -0.3 is 19.5 Å². The normalized spacial score (nSPS) is 11.5. The second-order valence-electron chi connectivity index (χ2n) is 6.31. The molecule has 0 fully saturated rings. The van der Waals surface area contributed by atoms with E-state index in [4.69, 9.17) is 9.47 Å². The van der Waals surface area contributed by atoms with Gasteiger partial charge in [-0.25, -0.2) is 9.97 Å². The van der Waals surface area contributed by atoms with Crippen molar-refractivity contribution in [1.82, 2.24) is 9.97 Å². The van der Waals surface area contributed by atoms with E-state index in [1.54, 1.807) is 6.92 Å². The van der Waals surface area contributed by atoms with E-state index in [9.17, 15) is 13.2 Å². The van der Waals surface area contributed by atoms with E-state index in [1.165, 1.54) is 25.3 Å². The van der Waals surface area contributed by atoms with Gasteiger partial charge in [0, 0.05) is 17.7 Å². The fourth-order valence-corrected chi connectivity index (χ4v) is 2.84. The van der Waals surface area contributed by atoms with Crippen LogP contribution >= 0.6 is 0 Å². The number of rotatable bonds is 9. The fraction of sp³-hybridized carbons (Fsp3) is 0.500. The Morgan fingerprint density at radius 1 is 1.10 bits per heavy atom. The van der Waals surface area contributed by atoms with Crippen LogP contribution in [-0.2, 0) is 0 Å². The number of hydrogen-bond acceptors (Lipinski definition) is 6. The molecule has 0 aliphatic heterocycles. The van der Waals surface area contributed by atoms with Crippen LogP contribution in [0.15, 0.2) is 18.2 Å². The number of anilines is 1. The predicted molar refractivity (Wildman–Crippen MR) is 105 cm³/mol. The number of alkyl halides is 3. The third kappa shape index (κ3) is 5.88. The Kier molecular flexibility index (Phi) is 7.53. The second-order valence-corrected chi connectivity index (χ2v) is 6.31. The Bertz CT molecular complexity index is 825. The molecular formula is C20H26F3N3O3. The van der Waals surface area contributed by atoms with Gasteiger partial charge in [0.25, 0.3) is 5.88 Å². The summed E-state index contributed by atoms with van der Waals surface area (Å²) in [7, 11) is 1.37. The number of methoxy groups -OCH3 is 1. The Morgan fingerprint density at radius 3 is 2.34 bits per heavy atom. The molecule has 0 radical (unpaired) electrons. The van der Waals surface area contributed by atoms with Gasteiger partial charge in [-0.05, 0) is 38.8 Å². The van der Waals surface area contributed by atoms with Gasteiger partial charge in [0.15, 0.2) is 5.82 Å². The van der Waals surface area contributed by atoms with Crippen molar-refractivity contribution < 1.29 is 27.4 Å². The molecule has 0 amide bonds. The Hall–Kier alpha value is -2.71. The summed E-state index contributed by atoms with van der Waals surface area (Å²) in [5, 5.41) is 3.34. The van der Waals surface area contributed by atoms with Gasteiger partial charge in [0.05, 0.1) is 25.1 Å². The average Bonchev–Trinajstić information content (AvgIpc) is 2.66. The highest BCUT2D eigenvalue weighted by molar-refractivity contribution is 5.72. The quantitative estimate of drug-likeness (QED) is 0.597. The first-order chi connectivity index (χ1) is 13.7. The van der Waals surface area contributed by atoms with Crippen molar-refractivity contribution in [2.24, 2.45) is 0 Å². The maximum atomic E-state index is 12.5. The molecule has 1 N–H and O–H groups in total. The highest BCUT2D eigenvalue weighted by Crippen LogP contribution is 2.37. The van der Waals surface area contributed by atoms with Crippen molar-refractivity contribution >= 4 is 5.82 Å². The van der Waals surface area contributed by atoms with E-state index in [0.29, 0.717) is 35.3 Å². The number of hydrogen-bond donors (Lipinski definition) is 1. The van der Waals surface area contributed by atoms with Crippen LogP contribution in [0.25, 0.3) is 11.3 Å². The van der Waals surface area contributed by atoms with Crippen LogP contribution in [0.3, 0.4) is 0 Å². The van der Waals surface area contributed by atoms with Gasteiger partial charge in [-0.3, -0.25) is 0 Å². The molecule has 160 valence electrons. The third-order valence-electron chi connectivity index (χ3n) is 4.31. The Balaban J connectivity index is 2.49. The first-order valence-corrected chi connectivity index (χ1v) is 9.44. The zero-order chi connectivity index (χ0) is 21.6. The number of ether oxygens (including phenoxy) is 3. The number of benzene rings is 1. The average molecular weight is 413 g/mol. The van der Waals surface area contributed by atoms with Crippen molar-refractivity contribution in [2.45, 2.75) is 52.9 Å². The summed E-state index contributed by atoms with van der Waals surface area (Å²) >= 11 is 0. The highest BCUT2D eigenvalue weighted by Gasteiger charge is 2.31. The summed E-state index contributed by atoms with van der Waals surface area (Å²) in [6, 6.07) is 4.06. The predicted octanol–water partition coefficient (Wildman–Crippen LogP) is 5.36. The molecule has 1 aromatic heterocycles. The van der Waals surface area contributed by atoms with Crippen molar-refractivity contribution in [3.05, 3.63) is 23.9 Å². The van der Waals surface area contributed by atoms with Gasteiger partial charge in [-0.15, -0.1) is 13.2 Å². The molecule has 0 bridgehead atoms. The molecule has 0 aliphatic rings. The lowest BCUT2D eigenvalue weighted by molar-refractivity contribution is -0.274. The van der Waals surface area contributed by atoms with Gasteiger partial charge in [-0.2, -0.15) is 0 Å². The van der Waals surface area contributed by atoms with E-state index < -0.39 is 6.36 Å². The van der Waals surface area contributed by atoms with E-state index in [0.717, 1.165) is 12.8 Å². The van der Waals surface area contributed by atoms with Crippen molar-refractivity contribution in [1.29, 1.82) is 0 Å². The van der Waals surface area contributed by atoms with Crippen molar-refractivity contribution in [3.63, 3.8) is 0 Å².